The molecule has 130 valence electrons. The number of halogens is 1. The number of aliphatic hydroxyl groups is 1. The summed E-state index contributed by atoms with van der Waals surface area (Å²) < 4.78 is 0. The van der Waals surface area contributed by atoms with Crippen molar-refractivity contribution in [1.29, 1.82) is 0 Å². The SMILES string of the molecule is O=C(c1ccccc1)C(O)(Sc1ccc(Cl)cc1)C(=O)c1ccccc1. The van der Waals surface area contributed by atoms with E-state index in [1.807, 2.05) is 0 Å². The Morgan fingerprint density at radius 2 is 1.15 bits per heavy atom. The summed E-state index contributed by atoms with van der Waals surface area (Å²) >= 11 is 6.70. The van der Waals surface area contributed by atoms with Gasteiger partial charge in [0, 0.05) is 21.0 Å². The van der Waals surface area contributed by atoms with Gasteiger partial charge in [-0.25, -0.2) is 0 Å². The fourth-order valence-electron chi connectivity index (χ4n) is 2.44. The summed E-state index contributed by atoms with van der Waals surface area (Å²) in [6.07, 6.45) is 0. The van der Waals surface area contributed by atoms with Crippen molar-refractivity contribution in [1.82, 2.24) is 0 Å². The van der Waals surface area contributed by atoms with Gasteiger partial charge in [0.2, 0.25) is 16.5 Å². The van der Waals surface area contributed by atoms with Gasteiger partial charge in [-0.3, -0.25) is 9.59 Å². The molecule has 3 aromatic carbocycles. The fraction of sp³-hybridized carbons (Fsp3) is 0.0476. The molecule has 0 aliphatic heterocycles. The number of thioether (sulfide) groups is 1. The fourth-order valence-corrected chi connectivity index (χ4v) is 3.60. The van der Waals surface area contributed by atoms with Gasteiger partial charge in [-0.15, -0.1) is 0 Å². The highest BCUT2D eigenvalue weighted by molar-refractivity contribution is 8.02. The average Bonchev–Trinajstić information content (AvgIpc) is 2.70. The molecular weight excluding hydrogens is 368 g/mol. The highest BCUT2D eigenvalue weighted by Gasteiger charge is 2.45. The largest absolute Gasteiger partial charge is 0.366 e. The van der Waals surface area contributed by atoms with E-state index in [0.717, 1.165) is 11.8 Å². The van der Waals surface area contributed by atoms with Gasteiger partial charge in [-0.05, 0) is 24.3 Å². The standard InChI is InChI=1S/C21H15ClO3S/c22-17-11-13-18(14-12-17)26-21(25,19(23)15-7-3-1-4-8-15)20(24)16-9-5-2-6-10-16/h1-14,25H. The van der Waals surface area contributed by atoms with E-state index in [1.165, 1.54) is 0 Å². The van der Waals surface area contributed by atoms with Crippen molar-refractivity contribution in [2.24, 2.45) is 0 Å². The van der Waals surface area contributed by atoms with Crippen LogP contribution in [0.15, 0.2) is 89.8 Å². The topological polar surface area (TPSA) is 54.4 Å². The number of carbonyl (C=O) groups is 2. The Balaban J connectivity index is 2.04. The van der Waals surface area contributed by atoms with Gasteiger partial charge in [0.1, 0.15) is 0 Å². The molecule has 0 aliphatic carbocycles. The maximum absolute atomic E-state index is 13.0. The zero-order valence-corrected chi connectivity index (χ0v) is 15.2. The van der Waals surface area contributed by atoms with Gasteiger partial charge in [0.05, 0.1) is 0 Å². The number of ketones is 2. The normalized spacial score (nSPS) is 11.2. The highest BCUT2D eigenvalue weighted by atomic mass is 35.5. The van der Waals surface area contributed by atoms with E-state index in [2.05, 4.69) is 0 Å². The van der Waals surface area contributed by atoms with Gasteiger partial charge in [0.25, 0.3) is 0 Å². The van der Waals surface area contributed by atoms with E-state index in [1.54, 1.807) is 84.9 Å². The molecule has 0 saturated carbocycles. The van der Waals surface area contributed by atoms with E-state index in [9.17, 15) is 14.7 Å². The predicted octanol–water partition coefficient (Wildman–Crippen LogP) is 4.89. The molecular formula is C21H15ClO3S. The minimum absolute atomic E-state index is 0.265. The molecule has 0 heterocycles. The summed E-state index contributed by atoms with van der Waals surface area (Å²) in [5.41, 5.74) is 0.529. The zero-order chi connectivity index (χ0) is 18.6. The summed E-state index contributed by atoms with van der Waals surface area (Å²) in [6, 6.07) is 23.2. The second-order valence-electron chi connectivity index (χ2n) is 5.59. The molecule has 0 aliphatic rings. The monoisotopic (exact) mass is 382 g/mol. The van der Waals surface area contributed by atoms with Gasteiger partial charge in [-0.1, -0.05) is 84.0 Å². The minimum Gasteiger partial charge on any atom is -0.366 e. The average molecular weight is 383 g/mol. The molecule has 0 saturated heterocycles. The first-order valence-electron chi connectivity index (χ1n) is 7.87. The lowest BCUT2D eigenvalue weighted by molar-refractivity contribution is 0.0554. The van der Waals surface area contributed by atoms with Gasteiger partial charge in [0.15, 0.2) is 0 Å². The van der Waals surface area contributed by atoms with Crippen LogP contribution in [0.2, 0.25) is 5.02 Å². The van der Waals surface area contributed by atoms with Crippen LogP contribution < -0.4 is 0 Å². The van der Waals surface area contributed by atoms with Crippen molar-refractivity contribution >= 4 is 34.9 Å². The summed E-state index contributed by atoms with van der Waals surface area (Å²) in [5.74, 6) is -1.32. The van der Waals surface area contributed by atoms with E-state index in [-0.39, 0.29) is 11.1 Å². The van der Waals surface area contributed by atoms with Crippen LogP contribution in [0.1, 0.15) is 20.7 Å². The van der Waals surface area contributed by atoms with Crippen LogP contribution in [-0.2, 0) is 0 Å². The van der Waals surface area contributed by atoms with Gasteiger partial charge < -0.3 is 5.11 Å². The Morgan fingerprint density at radius 3 is 1.58 bits per heavy atom. The molecule has 5 heteroatoms. The van der Waals surface area contributed by atoms with Crippen LogP contribution in [0.4, 0.5) is 0 Å². The lowest BCUT2D eigenvalue weighted by Crippen LogP contribution is -2.43. The van der Waals surface area contributed by atoms with Gasteiger partial charge in [-0.2, -0.15) is 0 Å². The molecule has 0 unspecified atom stereocenters. The lowest BCUT2D eigenvalue weighted by Gasteiger charge is -2.25. The number of hydrogen-bond donors (Lipinski definition) is 1. The third-order valence-electron chi connectivity index (χ3n) is 3.77. The molecule has 0 radical (unpaired) electrons. The molecule has 0 fully saturated rings. The number of benzene rings is 3. The predicted molar refractivity (Wildman–Crippen MR) is 104 cm³/mol. The summed E-state index contributed by atoms with van der Waals surface area (Å²) in [4.78, 5) is 24.3. The number of carbonyl (C=O) groups excluding carboxylic acids is 2. The lowest BCUT2D eigenvalue weighted by atomic mass is 9.98. The van der Waals surface area contributed by atoms with Crippen molar-refractivity contribution in [3.8, 4) is 0 Å². The first-order chi connectivity index (χ1) is 12.5. The molecule has 0 aromatic heterocycles. The van der Waals surface area contributed by atoms with Crippen LogP contribution in [0.25, 0.3) is 0 Å². The van der Waals surface area contributed by atoms with Crippen LogP contribution in [-0.4, -0.2) is 21.6 Å². The van der Waals surface area contributed by atoms with Crippen LogP contribution in [0, 0.1) is 0 Å². The highest BCUT2D eigenvalue weighted by Crippen LogP contribution is 2.37. The molecule has 26 heavy (non-hydrogen) atoms. The Bertz CT molecular complexity index is 858. The first kappa shape index (κ1) is 18.4. The Morgan fingerprint density at radius 1 is 0.731 bits per heavy atom. The minimum atomic E-state index is -2.28. The molecule has 0 atom stereocenters. The third kappa shape index (κ3) is 3.88. The smallest absolute Gasteiger partial charge is 0.242 e. The van der Waals surface area contributed by atoms with Crippen LogP contribution in [0.5, 0.6) is 0 Å². The Kier molecular flexibility index (Phi) is 5.57. The summed E-state index contributed by atoms with van der Waals surface area (Å²) in [7, 11) is 0. The Hall–Kier alpha value is -2.40. The van der Waals surface area contributed by atoms with Crippen molar-refractivity contribution < 1.29 is 14.7 Å². The third-order valence-corrected chi connectivity index (χ3v) is 5.19. The second-order valence-corrected chi connectivity index (χ2v) is 7.29. The number of rotatable bonds is 6. The molecule has 0 spiro atoms. The molecule has 1 N–H and O–H groups in total. The first-order valence-corrected chi connectivity index (χ1v) is 9.07. The van der Waals surface area contributed by atoms with Crippen molar-refractivity contribution in [2.45, 2.75) is 9.83 Å². The van der Waals surface area contributed by atoms with E-state index >= 15 is 0 Å². The molecule has 0 bridgehead atoms. The summed E-state index contributed by atoms with van der Waals surface area (Å²) in [5, 5.41) is 11.7. The molecule has 3 rings (SSSR count). The zero-order valence-electron chi connectivity index (χ0n) is 13.6. The quantitative estimate of drug-likeness (QED) is 0.285. The van der Waals surface area contributed by atoms with E-state index in [0.29, 0.717) is 9.92 Å². The molecule has 3 nitrogen and oxygen atoms in total. The van der Waals surface area contributed by atoms with E-state index < -0.39 is 16.5 Å². The van der Waals surface area contributed by atoms with Crippen LogP contribution in [0.3, 0.4) is 0 Å². The van der Waals surface area contributed by atoms with Crippen LogP contribution >= 0.6 is 23.4 Å². The number of hydrogen-bond acceptors (Lipinski definition) is 4. The maximum Gasteiger partial charge on any atom is 0.242 e. The van der Waals surface area contributed by atoms with Crippen molar-refractivity contribution in [3.63, 3.8) is 0 Å². The summed E-state index contributed by atoms with van der Waals surface area (Å²) in [6.45, 7) is 0. The van der Waals surface area contributed by atoms with Crippen molar-refractivity contribution in [2.75, 3.05) is 0 Å². The van der Waals surface area contributed by atoms with E-state index in [4.69, 9.17) is 11.6 Å². The number of Topliss-reactive ketones (excluding diaryl/α,β-unsaturated/α-hetero) is 2. The molecule has 0 amide bonds. The van der Waals surface area contributed by atoms with Crippen molar-refractivity contribution in [3.05, 3.63) is 101 Å². The Labute approximate surface area is 160 Å². The second kappa shape index (κ2) is 7.87. The maximum atomic E-state index is 13.0. The molecule has 3 aromatic rings. The van der Waals surface area contributed by atoms with Gasteiger partial charge >= 0.3 is 0 Å².